The maximum absolute atomic E-state index is 13.2. The third kappa shape index (κ3) is 6.75. The first-order valence-corrected chi connectivity index (χ1v) is 11.0. The molecule has 0 spiro atoms. The van der Waals surface area contributed by atoms with Crippen molar-refractivity contribution < 1.29 is 9.53 Å². The Labute approximate surface area is 170 Å². The molecule has 1 heterocycles. The molecule has 1 amide bonds. The van der Waals surface area contributed by atoms with Crippen molar-refractivity contribution in [3.8, 4) is 0 Å². The summed E-state index contributed by atoms with van der Waals surface area (Å²) < 4.78 is 5.44. The van der Waals surface area contributed by atoms with E-state index >= 15 is 0 Å². The van der Waals surface area contributed by atoms with Crippen molar-refractivity contribution in [2.24, 2.45) is 5.92 Å². The van der Waals surface area contributed by atoms with Gasteiger partial charge in [-0.1, -0.05) is 61.2 Å². The standard InChI is InChI=1S/C24H36N2O2/c1-21(19-22-9-4-2-5-10-22)20-26(24(27)23-11-6-3-7-12-23)14-8-13-25-15-17-28-18-16-25/h2,4-5,9-10,19,23H,3,6-8,11-18,20H2,1H3/b21-19+. The summed E-state index contributed by atoms with van der Waals surface area (Å²) in [6.07, 6.45) is 9.09. The van der Waals surface area contributed by atoms with Crippen LogP contribution >= 0.6 is 0 Å². The molecule has 1 aliphatic heterocycles. The third-order valence-electron chi connectivity index (χ3n) is 5.93. The summed E-state index contributed by atoms with van der Waals surface area (Å²) >= 11 is 0. The number of carbonyl (C=O) groups is 1. The molecule has 4 heteroatoms. The largest absolute Gasteiger partial charge is 0.379 e. The maximum atomic E-state index is 13.2. The highest BCUT2D eigenvalue weighted by molar-refractivity contribution is 5.79. The van der Waals surface area contributed by atoms with Crippen molar-refractivity contribution in [2.45, 2.75) is 45.4 Å². The molecule has 154 valence electrons. The molecule has 4 nitrogen and oxygen atoms in total. The zero-order valence-electron chi connectivity index (χ0n) is 17.4. The number of nitrogens with zero attached hydrogens (tertiary/aromatic N) is 2. The van der Waals surface area contributed by atoms with Crippen LogP contribution in [0.3, 0.4) is 0 Å². The molecule has 1 saturated carbocycles. The Morgan fingerprint density at radius 1 is 1.14 bits per heavy atom. The fourth-order valence-corrected chi connectivity index (χ4v) is 4.37. The van der Waals surface area contributed by atoms with E-state index in [1.807, 2.05) is 6.07 Å². The lowest BCUT2D eigenvalue weighted by molar-refractivity contribution is -0.136. The number of rotatable bonds is 8. The minimum Gasteiger partial charge on any atom is -0.379 e. The first-order chi connectivity index (χ1) is 13.7. The minimum atomic E-state index is 0.238. The summed E-state index contributed by atoms with van der Waals surface area (Å²) in [5, 5.41) is 0. The first kappa shape index (κ1) is 21.1. The SMILES string of the molecule is C/C(=C\c1ccccc1)CN(CCCN1CCOCC1)C(=O)C1CCCCC1. The van der Waals surface area contributed by atoms with Crippen molar-refractivity contribution in [1.29, 1.82) is 0 Å². The smallest absolute Gasteiger partial charge is 0.225 e. The van der Waals surface area contributed by atoms with Crippen LogP contribution in [-0.4, -0.2) is 61.6 Å². The topological polar surface area (TPSA) is 32.8 Å². The molecule has 0 unspecified atom stereocenters. The van der Waals surface area contributed by atoms with Crippen LogP contribution in [0.2, 0.25) is 0 Å². The Morgan fingerprint density at radius 3 is 2.57 bits per heavy atom. The Kier molecular flexibility index (Phi) is 8.56. The van der Waals surface area contributed by atoms with E-state index in [-0.39, 0.29) is 5.92 Å². The van der Waals surface area contributed by atoms with E-state index in [0.29, 0.717) is 5.91 Å². The second kappa shape index (κ2) is 11.4. The van der Waals surface area contributed by atoms with Gasteiger partial charge in [-0.15, -0.1) is 0 Å². The fraction of sp³-hybridized carbons (Fsp3) is 0.625. The zero-order valence-corrected chi connectivity index (χ0v) is 17.4. The zero-order chi connectivity index (χ0) is 19.6. The highest BCUT2D eigenvalue weighted by Gasteiger charge is 2.26. The van der Waals surface area contributed by atoms with Crippen LogP contribution in [0.25, 0.3) is 6.08 Å². The van der Waals surface area contributed by atoms with Crippen molar-refractivity contribution in [3.05, 3.63) is 41.5 Å². The van der Waals surface area contributed by atoms with Gasteiger partial charge < -0.3 is 9.64 Å². The van der Waals surface area contributed by atoms with Crippen LogP contribution in [-0.2, 0) is 9.53 Å². The molecule has 0 radical (unpaired) electrons. The summed E-state index contributed by atoms with van der Waals surface area (Å²) in [6, 6.07) is 10.4. The van der Waals surface area contributed by atoms with Crippen LogP contribution in [0.4, 0.5) is 0 Å². The number of hydrogen-bond donors (Lipinski definition) is 0. The molecule has 3 rings (SSSR count). The molecule has 0 N–H and O–H groups in total. The van der Waals surface area contributed by atoms with Gasteiger partial charge in [0.15, 0.2) is 0 Å². The summed E-state index contributed by atoms with van der Waals surface area (Å²) in [4.78, 5) is 17.8. The lowest BCUT2D eigenvalue weighted by atomic mass is 9.88. The molecule has 1 saturated heterocycles. The Bertz CT molecular complexity index is 617. The van der Waals surface area contributed by atoms with Crippen molar-refractivity contribution in [3.63, 3.8) is 0 Å². The number of hydrogen-bond acceptors (Lipinski definition) is 3. The van der Waals surface area contributed by atoms with Gasteiger partial charge in [-0.3, -0.25) is 9.69 Å². The molecular weight excluding hydrogens is 348 g/mol. The second-order valence-corrected chi connectivity index (χ2v) is 8.30. The van der Waals surface area contributed by atoms with E-state index < -0.39 is 0 Å². The van der Waals surface area contributed by atoms with Gasteiger partial charge >= 0.3 is 0 Å². The normalized spacial score (nSPS) is 19.5. The minimum absolute atomic E-state index is 0.238. The molecule has 2 aliphatic rings. The summed E-state index contributed by atoms with van der Waals surface area (Å²) in [5.74, 6) is 0.615. The molecule has 0 bridgehead atoms. The fourth-order valence-electron chi connectivity index (χ4n) is 4.37. The lowest BCUT2D eigenvalue weighted by Gasteiger charge is -2.31. The van der Waals surface area contributed by atoms with Gasteiger partial charge in [-0.25, -0.2) is 0 Å². The van der Waals surface area contributed by atoms with E-state index in [1.165, 1.54) is 30.4 Å². The summed E-state index contributed by atoms with van der Waals surface area (Å²) in [5.41, 5.74) is 2.46. The van der Waals surface area contributed by atoms with Crippen molar-refractivity contribution >= 4 is 12.0 Å². The average molecular weight is 385 g/mol. The highest BCUT2D eigenvalue weighted by Crippen LogP contribution is 2.26. The lowest BCUT2D eigenvalue weighted by Crippen LogP contribution is -2.41. The predicted molar refractivity (Wildman–Crippen MR) is 115 cm³/mol. The van der Waals surface area contributed by atoms with E-state index in [0.717, 1.165) is 65.2 Å². The third-order valence-corrected chi connectivity index (χ3v) is 5.93. The van der Waals surface area contributed by atoms with Gasteiger partial charge in [0.05, 0.1) is 13.2 Å². The number of amides is 1. The number of carbonyl (C=O) groups excluding carboxylic acids is 1. The van der Waals surface area contributed by atoms with Crippen LogP contribution in [0, 0.1) is 5.92 Å². The van der Waals surface area contributed by atoms with E-state index in [4.69, 9.17) is 4.74 Å². The average Bonchev–Trinajstić information content (AvgIpc) is 2.74. The molecule has 2 fully saturated rings. The van der Waals surface area contributed by atoms with E-state index in [2.05, 4.69) is 47.1 Å². The molecule has 1 aromatic rings. The van der Waals surface area contributed by atoms with Gasteiger partial charge in [0.25, 0.3) is 0 Å². The Hall–Kier alpha value is -1.65. The van der Waals surface area contributed by atoms with Crippen LogP contribution < -0.4 is 0 Å². The number of morpholine rings is 1. The molecule has 0 atom stereocenters. The van der Waals surface area contributed by atoms with Gasteiger partial charge in [-0.05, 0) is 31.7 Å². The van der Waals surface area contributed by atoms with E-state index in [9.17, 15) is 4.79 Å². The second-order valence-electron chi connectivity index (χ2n) is 8.30. The molecule has 1 aromatic carbocycles. The Morgan fingerprint density at radius 2 is 1.86 bits per heavy atom. The molecule has 28 heavy (non-hydrogen) atoms. The quantitative estimate of drug-likeness (QED) is 0.673. The van der Waals surface area contributed by atoms with Gasteiger partial charge in [0, 0.05) is 38.6 Å². The predicted octanol–water partition coefficient (Wildman–Crippen LogP) is 4.22. The molecule has 0 aromatic heterocycles. The van der Waals surface area contributed by atoms with Crippen molar-refractivity contribution in [1.82, 2.24) is 9.80 Å². The highest BCUT2D eigenvalue weighted by atomic mass is 16.5. The van der Waals surface area contributed by atoms with Gasteiger partial charge in [0.1, 0.15) is 0 Å². The van der Waals surface area contributed by atoms with Crippen LogP contribution in [0.5, 0.6) is 0 Å². The first-order valence-electron chi connectivity index (χ1n) is 11.0. The monoisotopic (exact) mass is 384 g/mol. The van der Waals surface area contributed by atoms with Crippen molar-refractivity contribution in [2.75, 3.05) is 45.9 Å². The van der Waals surface area contributed by atoms with Crippen LogP contribution in [0.1, 0.15) is 51.0 Å². The Balaban J connectivity index is 1.59. The maximum Gasteiger partial charge on any atom is 0.225 e. The van der Waals surface area contributed by atoms with E-state index in [1.54, 1.807) is 0 Å². The van der Waals surface area contributed by atoms with Gasteiger partial charge in [0.2, 0.25) is 5.91 Å². The molecule has 1 aliphatic carbocycles. The van der Waals surface area contributed by atoms with Crippen LogP contribution in [0.15, 0.2) is 35.9 Å². The van der Waals surface area contributed by atoms with Gasteiger partial charge in [-0.2, -0.15) is 0 Å². The number of benzene rings is 1. The summed E-state index contributed by atoms with van der Waals surface area (Å²) in [6.45, 7) is 8.51. The molecular formula is C24H36N2O2. The summed E-state index contributed by atoms with van der Waals surface area (Å²) in [7, 11) is 0. The number of ether oxygens (including phenoxy) is 1.